The van der Waals surface area contributed by atoms with Gasteiger partial charge in [0.15, 0.2) is 0 Å². The van der Waals surface area contributed by atoms with Gasteiger partial charge in [-0.05, 0) is 41.2 Å². The van der Waals surface area contributed by atoms with Gasteiger partial charge < -0.3 is 9.15 Å². The maximum Gasteiger partial charge on any atom is 0.310 e. The van der Waals surface area contributed by atoms with Gasteiger partial charge in [0.25, 0.3) is 0 Å². The van der Waals surface area contributed by atoms with Crippen LogP contribution in [-0.4, -0.2) is 5.97 Å². The summed E-state index contributed by atoms with van der Waals surface area (Å²) in [5.41, 5.74) is 2.42. The second-order valence-electron chi connectivity index (χ2n) is 7.32. The second-order valence-corrected chi connectivity index (χ2v) is 8.33. The van der Waals surface area contributed by atoms with Gasteiger partial charge in [-0.2, -0.15) is 0 Å². The molecule has 134 valence electrons. The minimum absolute atomic E-state index is 0.0142. The Hall–Kier alpha value is -1.97. The average Bonchev–Trinajstić information content (AvgIpc) is 2.97. The zero-order valence-corrected chi connectivity index (χ0v) is 16.0. The Morgan fingerprint density at radius 3 is 2.65 bits per heavy atom. The van der Waals surface area contributed by atoms with Crippen molar-refractivity contribution in [3.05, 3.63) is 58.6 Å². The van der Waals surface area contributed by atoms with Crippen LogP contribution in [-0.2, 0) is 16.1 Å². The molecule has 1 fully saturated rings. The number of hydrogen-bond donors (Lipinski definition) is 0. The van der Waals surface area contributed by atoms with E-state index in [1.165, 1.54) is 0 Å². The van der Waals surface area contributed by atoms with E-state index < -0.39 is 0 Å². The molecular weight excluding hydrogens is 371 g/mol. The van der Waals surface area contributed by atoms with Crippen LogP contribution < -0.4 is 0 Å². The molecule has 1 heterocycles. The predicted molar refractivity (Wildman–Crippen MR) is 104 cm³/mol. The number of allylic oxidation sites excluding steroid dienone is 1. The molecule has 1 saturated carbocycles. The van der Waals surface area contributed by atoms with E-state index in [1.54, 1.807) is 6.08 Å². The van der Waals surface area contributed by atoms with Crippen LogP contribution in [0.25, 0.3) is 21.9 Å². The largest absolute Gasteiger partial charge is 0.461 e. The SMILES string of the molecule is CC1(C)C(C=C(Cl)Cl)C1C(=O)OCc1ccc2oc3ccccc3c2c1. The van der Waals surface area contributed by atoms with E-state index in [0.29, 0.717) is 0 Å². The first kappa shape index (κ1) is 17.4. The van der Waals surface area contributed by atoms with Gasteiger partial charge in [-0.3, -0.25) is 4.79 Å². The lowest BCUT2D eigenvalue weighted by atomic mass is 10.1. The number of fused-ring (bicyclic) bond motifs is 3. The maximum atomic E-state index is 12.5. The van der Waals surface area contributed by atoms with Crippen molar-refractivity contribution in [2.24, 2.45) is 17.3 Å². The lowest BCUT2D eigenvalue weighted by molar-refractivity contribution is -0.147. The van der Waals surface area contributed by atoms with E-state index in [2.05, 4.69) is 0 Å². The Morgan fingerprint density at radius 1 is 1.15 bits per heavy atom. The first-order valence-electron chi connectivity index (χ1n) is 8.47. The fourth-order valence-electron chi connectivity index (χ4n) is 3.68. The number of hydrogen-bond acceptors (Lipinski definition) is 3. The Balaban J connectivity index is 1.50. The van der Waals surface area contributed by atoms with Crippen LogP contribution in [0.2, 0.25) is 0 Å². The molecule has 0 amide bonds. The highest BCUT2D eigenvalue weighted by Gasteiger charge is 2.61. The van der Waals surface area contributed by atoms with Crippen molar-refractivity contribution in [3.63, 3.8) is 0 Å². The summed E-state index contributed by atoms with van der Waals surface area (Å²) in [5.74, 6) is -0.420. The van der Waals surface area contributed by atoms with Crippen LogP contribution in [0.1, 0.15) is 19.4 Å². The number of benzene rings is 2. The molecule has 0 spiro atoms. The van der Waals surface area contributed by atoms with Gasteiger partial charge in [0.1, 0.15) is 22.3 Å². The summed E-state index contributed by atoms with van der Waals surface area (Å²) in [6.45, 7) is 4.26. The lowest BCUT2D eigenvalue weighted by Crippen LogP contribution is -2.10. The number of esters is 1. The van der Waals surface area contributed by atoms with Crippen molar-refractivity contribution in [1.82, 2.24) is 0 Å². The van der Waals surface area contributed by atoms with Crippen LogP contribution in [0.4, 0.5) is 0 Å². The van der Waals surface area contributed by atoms with Crippen molar-refractivity contribution < 1.29 is 13.9 Å². The predicted octanol–water partition coefficient (Wildman–Crippen LogP) is 6.22. The van der Waals surface area contributed by atoms with E-state index in [4.69, 9.17) is 32.4 Å². The molecule has 2 aromatic carbocycles. The Bertz CT molecular complexity index is 1030. The molecule has 1 aliphatic carbocycles. The summed E-state index contributed by atoms with van der Waals surface area (Å²) in [6.07, 6.45) is 1.72. The summed E-state index contributed by atoms with van der Waals surface area (Å²) in [7, 11) is 0. The monoisotopic (exact) mass is 388 g/mol. The summed E-state index contributed by atoms with van der Waals surface area (Å²) in [6, 6.07) is 13.7. The maximum absolute atomic E-state index is 12.5. The minimum atomic E-state index is -0.219. The van der Waals surface area contributed by atoms with Crippen molar-refractivity contribution in [2.75, 3.05) is 0 Å². The molecule has 2 unspecified atom stereocenters. The van der Waals surface area contributed by atoms with E-state index in [1.807, 2.05) is 56.3 Å². The van der Waals surface area contributed by atoms with Crippen LogP contribution in [0.15, 0.2) is 57.4 Å². The fourth-order valence-corrected chi connectivity index (χ4v) is 3.95. The van der Waals surface area contributed by atoms with E-state index in [9.17, 15) is 4.79 Å². The summed E-state index contributed by atoms with van der Waals surface area (Å²) in [5, 5.41) is 2.08. The molecule has 0 saturated heterocycles. The molecule has 1 aromatic heterocycles. The van der Waals surface area contributed by atoms with Gasteiger partial charge >= 0.3 is 5.97 Å². The molecule has 26 heavy (non-hydrogen) atoms. The topological polar surface area (TPSA) is 39.4 Å². The zero-order chi connectivity index (χ0) is 18.5. The molecule has 2 atom stereocenters. The smallest absolute Gasteiger partial charge is 0.310 e. The highest BCUT2D eigenvalue weighted by Crippen LogP contribution is 2.60. The third-order valence-electron chi connectivity index (χ3n) is 5.29. The number of rotatable bonds is 4. The summed E-state index contributed by atoms with van der Waals surface area (Å²) >= 11 is 11.5. The standard InChI is InChI=1S/C21H18Cl2O3/c1-21(2)15(10-18(22)23)19(21)20(24)25-11-12-7-8-17-14(9-12)13-5-3-4-6-16(13)26-17/h3-10,15,19H,11H2,1-2H3. The summed E-state index contributed by atoms with van der Waals surface area (Å²) < 4.78 is 11.6. The minimum Gasteiger partial charge on any atom is -0.461 e. The van der Waals surface area contributed by atoms with Gasteiger partial charge in [-0.25, -0.2) is 0 Å². The Kier molecular flexibility index (Phi) is 4.25. The molecule has 1 aliphatic rings. The highest BCUT2D eigenvalue weighted by atomic mass is 35.5. The van der Waals surface area contributed by atoms with Crippen molar-refractivity contribution in [3.8, 4) is 0 Å². The van der Waals surface area contributed by atoms with Gasteiger partial charge in [0.2, 0.25) is 0 Å². The Morgan fingerprint density at radius 2 is 1.88 bits per heavy atom. The first-order chi connectivity index (χ1) is 12.4. The van der Waals surface area contributed by atoms with Gasteiger partial charge in [-0.1, -0.05) is 61.3 Å². The van der Waals surface area contributed by atoms with Crippen LogP contribution in [0, 0.1) is 17.3 Å². The van der Waals surface area contributed by atoms with Crippen molar-refractivity contribution in [1.29, 1.82) is 0 Å². The third-order valence-corrected chi connectivity index (χ3v) is 5.54. The quantitative estimate of drug-likeness (QED) is 0.497. The zero-order valence-electron chi connectivity index (χ0n) is 14.5. The van der Waals surface area contributed by atoms with Crippen molar-refractivity contribution >= 4 is 51.1 Å². The first-order valence-corrected chi connectivity index (χ1v) is 9.23. The number of carbonyl (C=O) groups is 1. The molecule has 0 aliphatic heterocycles. The molecule has 0 bridgehead atoms. The summed E-state index contributed by atoms with van der Waals surface area (Å²) in [4.78, 5) is 12.5. The molecule has 3 aromatic rings. The molecule has 0 N–H and O–H groups in total. The van der Waals surface area contributed by atoms with Crippen LogP contribution in [0.3, 0.4) is 0 Å². The molecule has 5 heteroatoms. The van der Waals surface area contributed by atoms with Gasteiger partial charge in [0, 0.05) is 10.8 Å². The number of para-hydroxylation sites is 1. The van der Waals surface area contributed by atoms with Crippen LogP contribution in [0.5, 0.6) is 0 Å². The van der Waals surface area contributed by atoms with E-state index >= 15 is 0 Å². The van der Waals surface area contributed by atoms with Gasteiger partial charge in [0.05, 0.1) is 5.92 Å². The third kappa shape index (κ3) is 3.00. The number of furan rings is 1. The van der Waals surface area contributed by atoms with Crippen LogP contribution >= 0.6 is 23.2 Å². The normalized spacial score (nSPS) is 20.9. The van der Waals surface area contributed by atoms with Gasteiger partial charge in [-0.15, -0.1) is 0 Å². The number of halogens is 2. The number of carbonyl (C=O) groups excluding carboxylic acids is 1. The molecule has 0 radical (unpaired) electrons. The van der Waals surface area contributed by atoms with Crippen molar-refractivity contribution in [2.45, 2.75) is 20.5 Å². The molecular formula is C21H18Cl2O3. The highest BCUT2D eigenvalue weighted by molar-refractivity contribution is 6.55. The second kappa shape index (κ2) is 6.33. The fraction of sp³-hybridized carbons (Fsp3) is 0.286. The number of ether oxygens (including phenoxy) is 1. The van der Waals surface area contributed by atoms with E-state index in [-0.39, 0.29) is 34.3 Å². The Labute approximate surface area is 161 Å². The lowest BCUT2D eigenvalue weighted by Gasteiger charge is -2.06. The molecule has 3 nitrogen and oxygen atoms in total. The molecule has 4 rings (SSSR count). The van der Waals surface area contributed by atoms with E-state index in [0.717, 1.165) is 27.5 Å². The average molecular weight is 389 g/mol.